The number of amides is 1. The first-order valence-corrected chi connectivity index (χ1v) is 9.99. The minimum atomic E-state index is -0.518. The summed E-state index contributed by atoms with van der Waals surface area (Å²) < 4.78 is 11.8. The maximum Gasteiger partial charge on any atom is 0.268 e. The molecule has 1 N–H and O–H groups in total. The Bertz CT molecular complexity index is 1150. The molecule has 3 rings (SSSR count). The van der Waals surface area contributed by atoms with Gasteiger partial charge in [0.15, 0.2) is 16.6 Å². The second kappa shape index (κ2) is 9.25. The van der Waals surface area contributed by atoms with Gasteiger partial charge in [0.25, 0.3) is 5.91 Å². The van der Waals surface area contributed by atoms with Crippen LogP contribution in [0.2, 0.25) is 0 Å². The molecule has 0 aliphatic heterocycles. The van der Waals surface area contributed by atoms with E-state index >= 15 is 0 Å². The van der Waals surface area contributed by atoms with Crippen molar-refractivity contribution >= 4 is 38.7 Å². The summed E-state index contributed by atoms with van der Waals surface area (Å²) in [5, 5.41) is 12.7. The average molecular weight is 420 g/mol. The van der Waals surface area contributed by atoms with Crippen molar-refractivity contribution in [3.05, 3.63) is 65.3 Å². The highest BCUT2D eigenvalue weighted by Gasteiger charge is 2.14. The van der Waals surface area contributed by atoms with E-state index in [0.717, 1.165) is 21.3 Å². The van der Waals surface area contributed by atoms with Gasteiger partial charge in [0.05, 0.1) is 17.3 Å². The summed E-state index contributed by atoms with van der Waals surface area (Å²) in [5.41, 5.74) is 3.72. The second-order valence-electron chi connectivity index (χ2n) is 6.56. The van der Waals surface area contributed by atoms with Gasteiger partial charge in [-0.2, -0.15) is 5.26 Å². The average Bonchev–Trinajstić information content (AvgIpc) is 3.11. The van der Waals surface area contributed by atoms with E-state index in [1.807, 2.05) is 32.0 Å². The van der Waals surface area contributed by atoms with Crippen LogP contribution in [0.3, 0.4) is 0 Å². The lowest BCUT2D eigenvalue weighted by molar-refractivity contribution is -0.112. The molecule has 1 amide bonds. The van der Waals surface area contributed by atoms with E-state index in [-0.39, 0.29) is 5.57 Å². The number of methoxy groups -OCH3 is 1. The van der Waals surface area contributed by atoms with Crippen molar-refractivity contribution in [2.45, 2.75) is 13.8 Å². The van der Waals surface area contributed by atoms with E-state index in [0.29, 0.717) is 28.8 Å². The van der Waals surface area contributed by atoms with Crippen LogP contribution in [-0.4, -0.2) is 24.6 Å². The normalized spacial score (nSPS) is 11.1. The maximum atomic E-state index is 12.6. The zero-order valence-corrected chi connectivity index (χ0v) is 17.8. The van der Waals surface area contributed by atoms with Crippen molar-refractivity contribution in [1.29, 1.82) is 5.26 Å². The zero-order chi connectivity index (χ0) is 21.7. The Hall–Kier alpha value is -3.63. The highest BCUT2D eigenvalue weighted by molar-refractivity contribution is 7.22. The lowest BCUT2D eigenvalue weighted by Crippen LogP contribution is -2.13. The quantitative estimate of drug-likeness (QED) is 0.330. The number of nitrogens with zero attached hydrogens (tertiary/aromatic N) is 2. The van der Waals surface area contributed by atoms with E-state index in [9.17, 15) is 10.1 Å². The van der Waals surface area contributed by atoms with Crippen LogP contribution in [0.15, 0.2) is 48.6 Å². The van der Waals surface area contributed by atoms with Crippen molar-refractivity contribution in [3.8, 4) is 17.6 Å². The number of aryl methyl sites for hydroxylation is 2. The molecule has 0 radical (unpaired) electrons. The van der Waals surface area contributed by atoms with E-state index in [1.54, 1.807) is 24.3 Å². The number of hydrogen-bond acceptors (Lipinski definition) is 6. The molecule has 0 saturated carbocycles. The van der Waals surface area contributed by atoms with Crippen molar-refractivity contribution in [2.24, 2.45) is 0 Å². The number of ether oxygens (including phenoxy) is 2. The Morgan fingerprint density at radius 2 is 2.03 bits per heavy atom. The molecule has 0 saturated heterocycles. The predicted molar refractivity (Wildman–Crippen MR) is 120 cm³/mol. The summed E-state index contributed by atoms with van der Waals surface area (Å²) in [4.78, 5) is 17.1. The molecule has 3 aromatic rings. The first-order valence-electron chi connectivity index (χ1n) is 9.17. The van der Waals surface area contributed by atoms with Crippen LogP contribution in [0.25, 0.3) is 16.3 Å². The molecule has 152 valence electrons. The summed E-state index contributed by atoms with van der Waals surface area (Å²) in [6.45, 7) is 8.01. The molecular weight excluding hydrogens is 398 g/mol. The van der Waals surface area contributed by atoms with Crippen LogP contribution in [0.4, 0.5) is 5.13 Å². The molecule has 0 aliphatic rings. The van der Waals surface area contributed by atoms with Gasteiger partial charge in [-0.15, -0.1) is 0 Å². The fraction of sp³-hybridized carbons (Fsp3) is 0.174. The minimum absolute atomic E-state index is 0.0385. The van der Waals surface area contributed by atoms with Crippen molar-refractivity contribution in [2.75, 3.05) is 19.0 Å². The molecule has 0 spiro atoms. The number of hydrogen-bond donors (Lipinski definition) is 1. The van der Waals surface area contributed by atoms with Gasteiger partial charge in [-0.05, 0) is 60.9 Å². The number of fused-ring (bicyclic) bond motifs is 1. The molecule has 2 aromatic carbocycles. The van der Waals surface area contributed by atoms with Crippen LogP contribution >= 0.6 is 11.3 Å². The van der Waals surface area contributed by atoms with Gasteiger partial charge in [0.2, 0.25) is 0 Å². The Morgan fingerprint density at radius 1 is 1.27 bits per heavy atom. The van der Waals surface area contributed by atoms with Gasteiger partial charge in [-0.3, -0.25) is 10.1 Å². The Labute approximate surface area is 179 Å². The fourth-order valence-electron chi connectivity index (χ4n) is 2.76. The molecule has 0 aliphatic carbocycles. The molecule has 0 unspecified atom stereocenters. The number of carbonyl (C=O) groups is 1. The smallest absolute Gasteiger partial charge is 0.268 e. The molecule has 6 nitrogen and oxygen atoms in total. The molecule has 0 bridgehead atoms. The van der Waals surface area contributed by atoms with Gasteiger partial charge in [0.1, 0.15) is 18.2 Å². The SMILES string of the molecule is C=CCOc1ccc(C=C(C#N)C(=O)Nc2nc3cc(C)c(C)cc3s2)cc1OC. The summed E-state index contributed by atoms with van der Waals surface area (Å²) >= 11 is 1.37. The molecular formula is C23H21N3O3S. The summed E-state index contributed by atoms with van der Waals surface area (Å²) in [7, 11) is 1.53. The third-order valence-electron chi connectivity index (χ3n) is 4.44. The lowest BCUT2D eigenvalue weighted by atomic mass is 10.1. The van der Waals surface area contributed by atoms with Crippen LogP contribution < -0.4 is 14.8 Å². The number of nitriles is 1. The monoisotopic (exact) mass is 419 g/mol. The number of benzene rings is 2. The predicted octanol–water partition coefficient (Wildman–Crippen LogP) is 5.03. The molecule has 30 heavy (non-hydrogen) atoms. The van der Waals surface area contributed by atoms with E-state index < -0.39 is 5.91 Å². The van der Waals surface area contributed by atoms with Crippen LogP contribution in [0.5, 0.6) is 11.5 Å². The third kappa shape index (κ3) is 4.67. The van der Waals surface area contributed by atoms with Crippen LogP contribution in [0, 0.1) is 25.2 Å². The lowest BCUT2D eigenvalue weighted by Gasteiger charge is -2.10. The second-order valence-corrected chi connectivity index (χ2v) is 7.59. The zero-order valence-electron chi connectivity index (χ0n) is 17.0. The molecule has 7 heteroatoms. The van der Waals surface area contributed by atoms with Crippen molar-refractivity contribution in [1.82, 2.24) is 4.98 Å². The first-order chi connectivity index (χ1) is 14.4. The van der Waals surface area contributed by atoms with Gasteiger partial charge in [0, 0.05) is 0 Å². The highest BCUT2D eigenvalue weighted by Crippen LogP contribution is 2.30. The van der Waals surface area contributed by atoms with Crippen molar-refractivity contribution in [3.63, 3.8) is 0 Å². The van der Waals surface area contributed by atoms with E-state index in [2.05, 4.69) is 16.9 Å². The maximum absolute atomic E-state index is 12.6. The van der Waals surface area contributed by atoms with E-state index in [1.165, 1.54) is 24.5 Å². The largest absolute Gasteiger partial charge is 0.493 e. The van der Waals surface area contributed by atoms with E-state index in [4.69, 9.17) is 9.47 Å². The van der Waals surface area contributed by atoms with Crippen LogP contribution in [0.1, 0.15) is 16.7 Å². The van der Waals surface area contributed by atoms with Crippen LogP contribution in [-0.2, 0) is 4.79 Å². The third-order valence-corrected chi connectivity index (χ3v) is 5.38. The Morgan fingerprint density at radius 3 is 2.73 bits per heavy atom. The molecule has 0 atom stereocenters. The molecule has 0 fully saturated rings. The number of aromatic nitrogens is 1. The van der Waals surface area contributed by atoms with Crippen molar-refractivity contribution < 1.29 is 14.3 Å². The number of rotatable bonds is 7. The minimum Gasteiger partial charge on any atom is -0.493 e. The standard InChI is InChI=1S/C23H21N3O3S/c1-5-8-29-19-7-6-16(12-20(19)28-4)11-17(13-24)22(27)26-23-25-18-9-14(2)15(3)10-21(18)30-23/h5-7,9-12H,1,8H2,2-4H3,(H,25,26,27). The fourth-order valence-corrected chi connectivity index (χ4v) is 3.70. The summed E-state index contributed by atoms with van der Waals surface area (Å²) in [6, 6.07) is 11.1. The summed E-state index contributed by atoms with van der Waals surface area (Å²) in [5.74, 6) is 0.536. The summed E-state index contributed by atoms with van der Waals surface area (Å²) in [6.07, 6.45) is 3.13. The number of thiazole rings is 1. The Balaban J connectivity index is 1.83. The molecule has 1 aromatic heterocycles. The highest BCUT2D eigenvalue weighted by atomic mass is 32.1. The number of anilines is 1. The van der Waals surface area contributed by atoms with Gasteiger partial charge >= 0.3 is 0 Å². The Kier molecular flexibility index (Phi) is 6.50. The number of carbonyl (C=O) groups excluding carboxylic acids is 1. The number of nitrogens with one attached hydrogen (secondary N) is 1. The first kappa shape index (κ1) is 21.1. The van der Waals surface area contributed by atoms with Gasteiger partial charge in [-0.25, -0.2) is 4.98 Å². The van der Waals surface area contributed by atoms with Gasteiger partial charge < -0.3 is 9.47 Å². The van der Waals surface area contributed by atoms with Gasteiger partial charge in [-0.1, -0.05) is 30.1 Å². The molecule has 1 heterocycles. The topological polar surface area (TPSA) is 84.2 Å².